The number of nitrogens with zero attached hydrogens (tertiary/aromatic N) is 1. The van der Waals surface area contributed by atoms with E-state index in [1.807, 2.05) is 38.1 Å². The van der Waals surface area contributed by atoms with Crippen molar-refractivity contribution in [2.24, 2.45) is 0 Å². The van der Waals surface area contributed by atoms with Crippen LogP contribution in [0.25, 0.3) is 0 Å². The number of hydrogen-bond donors (Lipinski definition) is 2. The van der Waals surface area contributed by atoms with Crippen molar-refractivity contribution in [2.75, 3.05) is 33.7 Å². The first-order chi connectivity index (χ1) is 9.86. The maximum absolute atomic E-state index is 12.3. The molecule has 1 aromatic carbocycles. The summed E-state index contributed by atoms with van der Waals surface area (Å²) >= 11 is 3.35. The fourth-order valence-corrected chi connectivity index (χ4v) is 4.02. The second-order valence-electron chi connectivity index (χ2n) is 5.10. The topological polar surface area (TPSA) is 61.4 Å². The lowest BCUT2D eigenvalue weighted by Gasteiger charge is -2.12. The summed E-state index contributed by atoms with van der Waals surface area (Å²) in [5, 5.41) is 3.21. The molecule has 0 fully saturated rings. The maximum atomic E-state index is 12.3. The van der Waals surface area contributed by atoms with Crippen molar-refractivity contribution in [3.05, 3.63) is 28.2 Å². The highest BCUT2D eigenvalue weighted by molar-refractivity contribution is 9.10. The molecule has 2 N–H and O–H groups in total. The minimum Gasteiger partial charge on any atom is -0.313 e. The molecule has 0 aliphatic rings. The van der Waals surface area contributed by atoms with Crippen LogP contribution in [0.2, 0.25) is 0 Å². The van der Waals surface area contributed by atoms with Gasteiger partial charge in [-0.25, -0.2) is 13.1 Å². The van der Waals surface area contributed by atoms with Crippen LogP contribution in [0.4, 0.5) is 0 Å². The summed E-state index contributed by atoms with van der Waals surface area (Å²) in [6.45, 7) is 4.93. The summed E-state index contributed by atoms with van der Waals surface area (Å²) in [5.74, 6) is 0. The molecule has 0 aliphatic heterocycles. The van der Waals surface area contributed by atoms with Gasteiger partial charge in [0.05, 0.1) is 4.90 Å². The summed E-state index contributed by atoms with van der Waals surface area (Å²) < 4.78 is 27.7. The molecule has 0 saturated carbocycles. The van der Waals surface area contributed by atoms with Gasteiger partial charge in [0.15, 0.2) is 0 Å². The Hall–Kier alpha value is -0.470. The Morgan fingerprint density at radius 3 is 2.57 bits per heavy atom. The van der Waals surface area contributed by atoms with E-state index in [9.17, 15) is 8.42 Å². The summed E-state index contributed by atoms with van der Waals surface area (Å²) in [7, 11) is 0.471. The maximum Gasteiger partial charge on any atom is 0.241 e. The Bertz CT molecular complexity index is 547. The van der Waals surface area contributed by atoms with Gasteiger partial charge in [-0.15, -0.1) is 0 Å². The average Bonchev–Trinajstić information content (AvgIpc) is 2.41. The van der Waals surface area contributed by atoms with Gasteiger partial charge in [-0.1, -0.05) is 13.0 Å². The molecule has 7 heteroatoms. The molecule has 0 radical (unpaired) electrons. The van der Waals surface area contributed by atoms with Crippen LogP contribution in [0.3, 0.4) is 0 Å². The van der Waals surface area contributed by atoms with Gasteiger partial charge in [0.25, 0.3) is 0 Å². The van der Waals surface area contributed by atoms with Crippen LogP contribution in [0.15, 0.2) is 27.6 Å². The molecule has 0 atom stereocenters. The zero-order chi connectivity index (χ0) is 15.9. The van der Waals surface area contributed by atoms with Crippen LogP contribution in [0.5, 0.6) is 0 Å². The molecule has 1 aromatic rings. The molecular formula is C14H24BrN3O2S. The Morgan fingerprint density at radius 2 is 2.00 bits per heavy atom. The van der Waals surface area contributed by atoms with Crippen molar-refractivity contribution in [3.63, 3.8) is 0 Å². The van der Waals surface area contributed by atoms with Crippen LogP contribution < -0.4 is 10.0 Å². The normalized spacial score (nSPS) is 12.0. The average molecular weight is 378 g/mol. The van der Waals surface area contributed by atoms with Crippen molar-refractivity contribution in [1.29, 1.82) is 0 Å². The van der Waals surface area contributed by atoms with Gasteiger partial charge in [-0.3, -0.25) is 0 Å². The van der Waals surface area contributed by atoms with E-state index in [0.29, 0.717) is 11.0 Å². The van der Waals surface area contributed by atoms with Crippen LogP contribution in [0.1, 0.15) is 18.9 Å². The van der Waals surface area contributed by atoms with Gasteiger partial charge in [0.1, 0.15) is 0 Å². The third kappa shape index (κ3) is 6.44. The minimum absolute atomic E-state index is 0.285. The molecule has 0 saturated heterocycles. The lowest BCUT2D eigenvalue weighted by molar-refractivity contribution is 0.400. The molecule has 0 amide bonds. The van der Waals surface area contributed by atoms with E-state index in [-0.39, 0.29) is 4.90 Å². The number of sulfonamides is 1. The molecule has 21 heavy (non-hydrogen) atoms. The number of nitrogens with one attached hydrogen (secondary N) is 2. The first kappa shape index (κ1) is 18.6. The molecule has 0 aromatic heterocycles. The third-order valence-corrected chi connectivity index (χ3v) is 5.38. The predicted octanol–water partition coefficient (Wildman–Crippen LogP) is 1.79. The highest BCUT2D eigenvalue weighted by Crippen LogP contribution is 2.23. The monoisotopic (exact) mass is 377 g/mol. The van der Waals surface area contributed by atoms with Crippen molar-refractivity contribution in [3.8, 4) is 0 Å². The lowest BCUT2D eigenvalue weighted by atomic mass is 10.2. The van der Waals surface area contributed by atoms with Crippen LogP contribution in [-0.2, 0) is 16.6 Å². The summed E-state index contributed by atoms with van der Waals surface area (Å²) in [4.78, 5) is 2.31. The predicted molar refractivity (Wildman–Crippen MR) is 89.9 cm³/mol. The number of hydrogen-bond acceptors (Lipinski definition) is 4. The first-order valence-electron chi connectivity index (χ1n) is 7.00. The van der Waals surface area contributed by atoms with E-state index in [0.717, 1.165) is 31.6 Å². The summed E-state index contributed by atoms with van der Waals surface area (Å²) in [5.41, 5.74) is 1.05. The van der Waals surface area contributed by atoms with Crippen LogP contribution in [-0.4, -0.2) is 47.0 Å². The van der Waals surface area contributed by atoms with Gasteiger partial charge < -0.3 is 10.2 Å². The fraction of sp³-hybridized carbons (Fsp3) is 0.571. The second kappa shape index (κ2) is 8.85. The quantitative estimate of drug-likeness (QED) is 0.644. The van der Waals surface area contributed by atoms with Gasteiger partial charge in [-0.05, 0) is 67.2 Å². The van der Waals surface area contributed by atoms with Gasteiger partial charge in [0, 0.05) is 17.6 Å². The smallest absolute Gasteiger partial charge is 0.241 e. The van der Waals surface area contributed by atoms with Crippen molar-refractivity contribution in [1.82, 2.24) is 14.9 Å². The standard InChI is InChI=1S/C14H24BrN3O2S/c1-4-16-11-12-6-7-14(13(15)10-12)21(19,20)17-8-5-9-18(2)3/h6-7,10,16-17H,4-5,8-9,11H2,1-3H3. The van der Waals surface area contributed by atoms with E-state index in [2.05, 4.69) is 26.0 Å². The van der Waals surface area contributed by atoms with E-state index in [4.69, 9.17) is 0 Å². The molecule has 1 rings (SSSR count). The first-order valence-corrected chi connectivity index (χ1v) is 9.28. The molecule has 0 aliphatic carbocycles. The van der Waals surface area contributed by atoms with E-state index >= 15 is 0 Å². The van der Waals surface area contributed by atoms with E-state index in [1.165, 1.54) is 0 Å². The Morgan fingerprint density at radius 1 is 1.29 bits per heavy atom. The molecule has 0 unspecified atom stereocenters. The minimum atomic E-state index is -3.46. The molecule has 0 spiro atoms. The van der Waals surface area contributed by atoms with Crippen LogP contribution >= 0.6 is 15.9 Å². The Balaban J connectivity index is 2.70. The molecule has 5 nitrogen and oxygen atoms in total. The molecule has 0 heterocycles. The summed E-state index contributed by atoms with van der Waals surface area (Å²) in [6.07, 6.45) is 0.780. The molecular weight excluding hydrogens is 354 g/mol. The zero-order valence-electron chi connectivity index (χ0n) is 12.8. The second-order valence-corrected chi connectivity index (χ2v) is 7.69. The summed E-state index contributed by atoms with van der Waals surface area (Å²) in [6, 6.07) is 5.32. The van der Waals surface area contributed by atoms with Gasteiger partial charge in [-0.2, -0.15) is 0 Å². The highest BCUT2D eigenvalue weighted by Gasteiger charge is 2.17. The largest absolute Gasteiger partial charge is 0.313 e. The molecule has 120 valence electrons. The number of benzene rings is 1. The zero-order valence-corrected chi connectivity index (χ0v) is 15.2. The highest BCUT2D eigenvalue weighted by atomic mass is 79.9. The Kier molecular flexibility index (Phi) is 7.83. The number of rotatable bonds is 9. The van der Waals surface area contributed by atoms with Crippen LogP contribution in [0, 0.1) is 0 Å². The number of halogens is 1. The van der Waals surface area contributed by atoms with E-state index in [1.54, 1.807) is 6.07 Å². The lowest BCUT2D eigenvalue weighted by Crippen LogP contribution is -2.27. The van der Waals surface area contributed by atoms with Crippen molar-refractivity contribution >= 4 is 26.0 Å². The SMILES string of the molecule is CCNCc1ccc(S(=O)(=O)NCCCN(C)C)c(Br)c1. The third-order valence-electron chi connectivity index (χ3n) is 2.94. The van der Waals surface area contributed by atoms with Crippen molar-refractivity contribution < 1.29 is 8.42 Å². The fourth-order valence-electron chi connectivity index (χ4n) is 1.82. The molecule has 0 bridgehead atoms. The van der Waals surface area contributed by atoms with Gasteiger partial charge in [0.2, 0.25) is 10.0 Å². The van der Waals surface area contributed by atoms with Gasteiger partial charge >= 0.3 is 0 Å². The van der Waals surface area contributed by atoms with E-state index < -0.39 is 10.0 Å². The van der Waals surface area contributed by atoms with Crippen molar-refractivity contribution in [2.45, 2.75) is 24.8 Å². The Labute approximate surface area is 136 Å².